The van der Waals surface area contributed by atoms with E-state index in [0.717, 1.165) is 31.7 Å². The van der Waals surface area contributed by atoms with Crippen molar-refractivity contribution < 1.29 is 0 Å². The largest absolute Gasteiger partial charge is 0.314 e. The molecule has 0 radical (unpaired) electrons. The van der Waals surface area contributed by atoms with Crippen LogP contribution in [0.5, 0.6) is 0 Å². The Morgan fingerprint density at radius 2 is 1.90 bits per heavy atom. The highest BCUT2D eigenvalue weighted by molar-refractivity contribution is 5.33. The van der Waals surface area contributed by atoms with Gasteiger partial charge in [-0.15, -0.1) is 0 Å². The molecule has 1 saturated heterocycles. The van der Waals surface area contributed by atoms with E-state index in [4.69, 9.17) is 0 Å². The molecule has 1 spiro atoms. The zero-order valence-electron chi connectivity index (χ0n) is 12.2. The summed E-state index contributed by atoms with van der Waals surface area (Å²) in [5.74, 6) is 6.69. The molecule has 0 amide bonds. The Labute approximate surface area is 122 Å². The van der Waals surface area contributed by atoms with E-state index in [1.54, 1.807) is 0 Å². The maximum atomic E-state index is 3.59. The zero-order chi connectivity index (χ0) is 13.7. The first kappa shape index (κ1) is 13.7. The average molecular weight is 268 g/mol. The SMILES string of the molecule is C(#Cc1ccccc1)CN1CCNCC12CCCCC2. The minimum absolute atomic E-state index is 0.391. The minimum atomic E-state index is 0.391. The molecule has 0 unspecified atom stereocenters. The van der Waals surface area contributed by atoms with E-state index in [9.17, 15) is 0 Å². The van der Waals surface area contributed by atoms with Crippen LogP contribution in [-0.4, -0.2) is 36.6 Å². The van der Waals surface area contributed by atoms with Crippen molar-refractivity contribution in [3.63, 3.8) is 0 Å². The van der Waals surface area contributed by atoms with E-state index in [0.29, 0.717) is 5.54 Å². The van der Waals surface area contributed by atoms with Crippen LogP contribution in [0.3, 0.4) is 0 Å². The molecule has 0 atom stereocenters. The van der Waals surface area contributed by atoms with Gasteiger partial charge in [-0.25, -0.2) is 0 Å². The van der Waals surface area contributed by atoms with Gasteiger partial charge in [-0.2, -0.15) is 0 Å². The van der Waals surface area contributed by atoms with Crippen LogP contribution in [0.25, 0.3) is 0 Å². The predicted octanol–water partition coefficient (Wildman–Crippen LogP) is 2.65. The topological polar surface area (TPSA) is 15.3 Å². The molecule has 2 aliphatic rings. The number of piperazine rings is 1. The van der Waals surface area contributed by atoms with Gasteiger partial charge in [0, 0.05) is 30.7 Å². The monoisotopic (exact) mass is 268 g/mol. The molecule has 1 aliphatic carbocycles. The molecule has 1 aromatic carbocycles. The predicted molar refractivity (Wildman–Crippen MR) is 83.6 cm³/mol. The summed E-state index contributed by atoms with van der Waals surface area (Å²) in [7, 11) is 0. The Morgan fingerprint density at radius 3 is 2.70 bits per heavy atom. The van der Waals surface area contributed by atoms with Crippen molar-refractivity contribution in [2.24, 2.45) is 0 Å². The lowest BCUT2D eigenvalue weighted by Crippen LogP contribution is -2.61. The lowest BCUT2D eigenvalue weighted by Gasteiger charge is -2.49. The summed E-state index contributed by atoms with van der Waals surface area (Å²) in [5, 5.41) is 3.59. The summed E-state index contributed by atoms with van der Waals surface area (Å²) >= 11 is 0. The van der Waals surface area contributed by atoms with Crippen molar-refractivity contribution in [2.75, 3.05) is 26.2 Å². The molecule has 2 fully saturated rings. The van der Waals surface area contributed by atoms with Crippen LogP contribution in [0.15, 0.2) is 30.3 Å². The lowest BCUT2D eigenvalue weighted by atomic mass is 9.79. The molecule has 0 aromatic heterocycles. The van der Waals surface area contributed by atoms with Gasteiger partial charge in [0.2, 0.25) is 0 Å². The number of benzene rings is 1. The molecule has 1 saturated carbocycles. The van der Waals surface area contributed by atoms with Crippen LogP contribution >= 0.6 is 0 Å². The third-order valence-corrected chi connectivity index (χ3v) is 4.74. The first-order valence-corrected chi connectivity index (χ1v) is 7.89. The van der Waals surface area contributed by atoms with Gasteiger partial charge in [-0.1, -0.05) is 49.3 Å². The van der Waals surface area contributed by atoms with Crippen molar-refractivity contribution in [1.29, 1.82) is 0 Å². The lowest BCUT2D eigenvalue weighted by molar-refractivity contribution is 0.0396. The van der Waals surface area contributed by atoms with E-state index in [1.807, 2.05) is 6.07 Å². The molecule has 1 aliphatic heterocycles. The Balaban J connectivity index is 1.67. The van der Waals surface area contributed by atoms with E-state index < -0.39 is 0 Å². The smallest absolute Gasteiger partial charge is 0.0611 e. The second-order valence-electron chi connectivity index (χ2n) is 6.05. The second kappa shape index (κ2) is 6.43. The van der Waals surface area contributed by atoms with Gasteiger partial charge in [0.25, 0.3) is 0 Å². The third-order valence-electron chi connectivity index (χ3n) is 4.74. The fourth-order valence-corrected chi connectivity index (χ4v) is 3.59. The number of nitrogens with one attached hydrogen (secondary N) is 1. The molecule has 1 N–H and O–H groups in total. The highest BCUT2D eigenvalue weighted by Gasteiger charge is 2.38. The fourth-order valence-electron chi connectivity index (χ4n) is 3.59. The molecule has 1 heterocycles. The van der Waals surface area contributed by atoms with Crippen LogP contribution in [-0.2, 0) is 0 Å². The van der Waals surface area contributed by atoms with Gasteiger partial charge in [0.1, 0.15) is 0 Å². The van der Waals surface area contributed by atoms with Crippen molar-refractivity contribution in [2.45, 2.75) is 37.6 Å². The first-order chi connectivity index (χ1) is 9.89. The fraction of sp³-hybridized carbons (Fsp3) is 0.556. The van der Waals surface area contributed by atoms with Gasteiger partial charge in [0.05, 0.1) is 6.54 Å². The van der Waals surface area contributed by atoms with Gasteiger partial charge >= 0.3 is 0 Å². The molecule has 2 nitrogen and oxygen atoms in total. The zero-order valence-corrected chi connectivity index (χ0v) is 12.2. The van der Waals surface area contributed by atoms with Gasteiger partial charge in [-0.3, -0.25) is 4.90 Å². The van der Waals surface area contributed by atoms with Crippen molar-refractivity contribution in [3.8, 4) is 11.8 Å². The van der Waals surface area contributed by atoms with Gasteiger partial charge in [-0.05, 0) is 25.0 Å². The summed E-state index contributed by atoms with van der Waals surface area (Å²) in [6, 6.07) is 10.3. The van der Waals surface area contributed by atoms with Crippen LogP contribution in [0, 0.1) is 11.8 Å². The van der Waals surface area contributed by atoms with Crippen LogP contribution in [0.1, 0.15) is 37.7 Å². The molecule has 1 aromatic rings. The quantitative estimate of drug-likeness (QED) is 0.788. The summed E-state index contributed by atoms with van der Waals surface area (Å²) in [6.07, 6.45) is 6.85. The van der Waals surface area contributed by atoms with Crippen molar-refractivity contribution >= 4 is 0 Å². The summed E-state index contributed by atoms with van der Waals surface area (Å²) < 4.78 is 0. The van der Waals surface area contributed by atoms with Crippen molar-refractivity contribution in [1.82, 2.24) is 10.2 Å². The molecular formula is C18H24N2. The second-order valence-corrected chi connectivity index (χ2v) is 6.05. The van der Waals surface area contributed by atoms with Crippen LogP contribution in [0.2, 0.25) is 0 Å². The Morgan fingerprint density at radius 1 is 1.10 bits per heavy atom. The minimum Gasteiger partial charge on any atom is -0.314 e. The van der Waals surface area contributed by atoms with E-state index >= 15 is 0 Å². The van der Waals surface area contributed by atoms with Crippen molar-refractivity contribution in [3.05, 3.63) is 35.9 Å². The molecular weight excluding hydrogens is 244 g/mol. The molecule has 20 heavy (non-hydrogen) atoms. The molecule has 2 heteroatoms. The van der Waals surface area contributed by atoms with Crippen LogP contribution < -0.4 is 5.32 Å². The van der Waals surface area contributed by atoms with Crippen LogP contribution in [0.4, 0.5) is 0 Å². The standard InChI is InChI=1S/C18H24N2/c1-3-8-17(9-4-1)10-7-14-20-15-13-19-16-18(20)11-5-2-6-12-18/h1,3-4,8-9,19H,2,5-6,11-16H2. The number of hydrogen-bond acceptors (Lipinski definition) is 2. The van der Waals surface area contributed by atoms with Gasteiger partial charge in [0.15, 0.2) is 0 Å². The average Bonchev–Trinajstić information content (AvgIpc) is 2.51. The number of nitrogens with zero attached hydrogens (tertiary/aromatic N) is 1. The van der Waals surface area contributed by atoms with E-state index in [1.165, 1.54) is 32.1 Å². The normalized spacial score (nSPS) is 22.2. The first-order valence-electron chi connectivity index (χ1n) is 7.89. The number of rotatable bonds is 1. The Bertz CT molecular complexity index is 469. The Kier molecular flexibility index (Phi) is 4.40. The van der Waals surface area contributed by atoms with E-state index in [2.05, 4.69) is 46.3 Å². The highest BCUT2D eigenvalue weighted by Crippen LogP contribution is 2.34. The number of hydrogen-bond donors (Lipinski definition) is 1. The van der Waals surface area contributed by atoms with Gasteiger partial charge < -0.3 is 5.32 Å². The Hall–Kier alpha value is -1.30. The molecule has 106 valence electrons. The highest BCUT2D eigenvalue weighted by atomic mass is 15.3. The molecule has 0 bridgehead atoms. The summed E-state index contributed by atoms with van der Waals surface area (Å²) in [4.78, 5) is 2.64. The molecule has 3 rings (SSSR count). The summed E-state index contributed by atoms with van der Waals surface area (Å²) in [5.41, 5.74) is 1.52. The maximum Gasteiger partial charge on any atom is 0.0611 e. The van der Waals surface area contributed by atoms with E-state index in [-0.39, 0.29) is 0 Å². The summed E-state index contributed by atoms with van der Waals surface area (Å²) in [6.45, 7) is 4.31. The maximum absolute atomic E-state index is 3.59. The third kappa shape index (κ3) is 3.06.